The smallest absolute Gasteiger partial charge is 0.172 e. The number of nitrogens with zero attached hydrogens (tertiary/aromatic N) is 1. The van der Waals surface area contributed by atoms with Crippen molar-refractivity contribution in [1.29, 1.82) is 0 Å². The lowest BCUT2D eigenvalue weighted by Crippen LogP contribution is -2.31. The molecule has 0 radical (unpaired) electrons. The van der Waals surface area contributed by atoms with E-state index in [4.69, 9.17) is 5.11 Å². The molecule has 2 nitrogen and oxygen atoms in total. The van der Waals surface area contributed by atoms with Gasteiger partial charge in [0.2, 0.25) is 0 Å². The lowest BCUT2D eigenvalue weighted by Gasteiger charge is -1.91. The van der Waals surface area contributed by atoms with Crippen LogP contribution < -0.4 is 4.57 Å². The van der Waals surface area contributed by atoms with Crippen LogP contribution in [0.3, 0.4) is 0 Å². The molecule has 0 aliphatic rings. The Hall–Kier alpha value is -1.31. The zero-order chi connectivity index (χ0) is 8.10. The molecule has 0 saturated heterocycles. The van der Waals surface area contributed by atoms with Gasteiger partial charge in [0, 0.05) is 17.7 Å². The molecule has 2 heteroatoms. The van der Waals surface area contributed by atoms with Crippen molar-refractivity contribution in [3.8, 4) is 0 Å². The number of aromatic nitrogens is 1. The molecule has 58 valence electrons. The number of hydrogen-bond donors (Lipinski definition) is 1. The van der Waals surface area contributed by atoms with Crippen LogP contribution in [0.1, 0.15) is 5.56 Å². The Morgan fingerprint density at radius 2 is 2.45 bits per heavy atom. The van der Waals surface area contributed by atoms with Gasteiger partial charge in [-0.2, -0.15) is 0 Å². The molecule has 0 atom stereocenters. The molecule has 0 aromatic carbocycles. The molecule has 1 N–H and O–H groups in total. The quantitative estimate of drug-likeness (QED) is 0.499. The van der Waals surface area contributed by atoms with E-state index in [-0.39, 0.29) is 0 Å². The topological polar surface area (TPSA) is 24.1 Å². The molecule has 1 rings (SSSR count). The van der Waals surface area contributed by atoms with E-state index in [1.165, 1.54) is 5.56 Å². The highest BCUT2D eigenvalue weighted by Gasteiger charge is 1.94. The first-order valence-corrected chi connectivity index (χ1v) is 3.58. The maximum Gasteiger partial charge on any atom is 0.172 e. The Morgan fingerprint density at radius 3 is 3.09 bits per heavy atom. The third-order valence-corrected chi connectivity index (χ3v) is 1.43. The van der Waals surface area contributed by atoms with Gasteiger partial charge in [0.25, 0.3) is 0 Å². The fourth-order valence-electron chi connectivity index (χ4n) is 0.935. The number of allylic oxidation sites excluding steroid dienone is 1. The zero-order valence-corrected chi connectivity index (χ0v) is 6.57. The van der Waals surface area contributed by atoms with Gasteiger partial charge < -0.3 is 5.11 Å². The van der Waals surface area contributed by atoms with E-state index in [1.54, 1.807) is 6.08 Å². The van der Waals surface area contributed by atoms with Crippen LogP contribution in [-0.2, 0) is 6.54 Å². The largest absolute Gasteiger partial charge is 0.516 e. The summed E-state index contributed by atoms with van der Waals surface area (Å²) in [6.45, 7) is 2.76. The summed E-state index contributed by atoms with van der Waals surface area (Å²) in [4.78, 5) is 0. The van der Waals surface area contributed by atoms with Crippen molar-refractivity contribution >= 4 is 0 Å². The predicted octanol–water partition coefficient (Wildman–Crippen LogP) is 1.35. The van der Waals surface area contributed by atoms with Crippen LogP contribution in [0.2, 0.25) is 0 Å². The molecule has 0 aliphatic carbocycles. The summed E-state index contributed by atoms with van der Waals surface area (Å²) in [6, 6.07) is 4.03. The van der Waals surface area contributed by atoms with Crippen LogP contribution in [-0.4, -0.2) is 5.11 Å². The van der Waals surface area contributed by atoms with Crippen molar-refractivity contribution < 1.29 is 9.67 Å². The van der Waals surface area contributed by atoms with E-state index >= 15 is 0 Å². The number of aliphatic hydroxyl groups excluding tert-OH is 1. The molecule has 0 bridgehead atoms. The Labute approximate surface area is 66.4 Å². The van der Waals surface area contributed by atoms with Gasteiger partial charge in [0.15, 0.2) is 18.9 Å². The van der Waals surface area contributed by atoms with Crippen molar-refractivity contribution in [1.82, 2.24) is 0 Å². The highest BCUT2D eigenvalue weighted by Crippen LogP contribution is 1.88. The minimum Gasteiger partial charge on any atom is -0.516 e. The second-order valence-electron chi connectivity index (χ2n) is 2.46. The first-order chi connectivity index (χ1) is 5.33. The number of aryl methyl sites for hydroxylation is 1. The van der Waals surface area contributed by atoms with Crippen LogP contribution in [0.5, 0.6) is 0 Å². The molecule has 1 heterocycles. The summed E-state index contributed by atoms with van der Waals surface area (Å²) in [5.41, 5.74) is 1.22. The van der Waals surface area contributed by atoms with Crippen LogP contribution in [0.4, 0.5) is 0 Å². The van der Waals surface area contributed by atoms with Crippen molar-refractivity contribution in [3.05, 3.63) is 42.4 Å². The monoisotopic (exact) mass is 150 g/mol. The van der Waals surface area contributed by atoms with Gasteiger partial charge in [0.1, 0.15) is 0 Å². The molecule has 0 saturated carbocycles. The standard InChI is InChI=1S/C9H11NO/c1-9-4-2-5-10(8-9)6-3-7-11/h2-5,7-8H,6H2,1H3/p+1. The third kappa shape index (κ3) is 2.42. The van der Waals surface area contributed by atoms with Gasteiger partial charge in [-0.1, -0.05) is 0 Å². The second-order valence-corrected chi connectivity index (χ2v) is 2.46. The second kappa shape index (κ2) is 3.76. The molecule has 1 aromatic rings. The highest BCUT2D eigenvalue weighted by molar-refractivity contribution is 5.01. The Bertz CT molecular complexity index is 255. The number of rotatable bonds is 2. The molecule has 0 amide bonds. The summed E-state index contributed by atoms with van der Waals surface area (Å²) < 4.78 is 2.00. The molecule has 11 heavy (non-hydrogen) atoms. The molecule has 0 fully saturated rings. The van der Waals surface area contributed by atoms with Crippen LogP contribution in [0.15, 0.2) is 36.9 Å². The highest BCUT2D eigenvalue weighted by atomic mass is 16.2. The molecule has 0 aliphatic heterocycles. The fraction of sp³-hybridized carbons (Fsp3) is 0.222. The lowest BCUT2D eigenvalue weighted by atomic mass is 10.3. The van der Waals surface area contributed by atoms with Crippen molar-refractivity contribution in [2.45, 2.75) is 13.5 Å². The fourth-order valence-corrected chi connectivity index (χ4v) is 0.935. The normalized spacial score (nSPS) is 10.6. The van der Waals surface area contributed by atoms with E-state index in [0.29, 0.717) is 0 Å². The van der Waals surface area contributed by atoms with E-state index in [9.17, 15) is 0 Å². The first kappa shape index (κ1) is 7.79. The lowest BCUT2D eigenvalue weighted by molar-refractivity contribution is -0.687. The Kier molecular flexibility index (Phi) is 2.66. The van der Waals surface area contributed by atoms with Gasteiger partial charge in [-0.05, 0) is 13.0 Å². The SMILES string of the molecule is Cc1ccc[n+](CC=CO)c1. The molecule has 0 unspecified atom stereocenters. The van der Waals surface area contributed by atoms with E-state index < -0.39 is 0 Å². The maximum absolute atomic E-state index is 8.40. The molecule has 1 aromatic heterocycles. The van der Waals surface area contributed by atoms with Crippen LogP contribution in [0.25, 0.3) is 0 Å². The predicted molar refractivity (Wildman–Crippen MR) is 43.1 cm³/mol. The maximum atomic E-state index is 8.40. The Balaban J connectivity index is 2.71. The number of hydrogen-bond acceptors (Lipinski definition) is 1. The average Bonchev–Trinajstić information content (AvgIpc) is 2.01. The third-order valence-electron chi connectivity index (χ3n) is 1.43. The summed E-state index contributed by atoms with van der Waals surface area (Å²) >= 11 is 0. The summed E-state index contributed by atoms with van der Waals surface area (Å²) in [5.74, 6) is 0. The average molecular weight is 150 g/mol. The van der Waals surface area contributed by atoms with Crippen molar-refractivity contribution in [2.75, 3.05) is 0 Å². The van der Waals surface area contributed by atoms with E-state index in [0.717, 1.165) is 12.8 Å². The van der Waals surface area contributed by atoms with Gasteiger partial charge in [0.05, 0.1) is 6.26 Å². The van der Waals surface area contributed by atoms with Gasteiger partial charge in [-0.3, -0.25) is 0 Å². The first-order valence-electron chi connectivity index (χ1n) is 3.58. The minimum absolute atomic E-state index is 0.720. The van der Waals surface area contributed by atoms with Gasteiger partial charge >= 0.3 is 0 Å². The summed E-state index contributed by atoms with van der Waals surface area (Å²) in [6.07, 6.45) is 6.75. The van der Waals surface area contributed by atoms with Crippen LogP contribution in [0, 0.1) is 6.92 Å². The Morgan fingerprint density at radius 1 is 1.64 bits per heavy atom. The van der Waals surface area contributed by atoms with E-state index in [1.807, 2.05) is 36.0 Å². The molecular formula is C9H12NO+. The van der Waals surface area contributed by atoms with Gasteiger partial charge in [-0.15, -0.1) is 0 Å². The molecule has 0 spiro atoms. The van der Waals surface area contributed by atoms with Crippen LogP contribution >= 0.6 is 0 Å². The summed E-state index contributed by atoms with van der Waals surface area (Å²) in [5, 5.41) is 8.40. The summed E-state index contributed by atoms with van der Waals surface area (Å²) in [7, 11) is 0. The van der Waals surface area contributed by atoms with Gasteiger partial charge in [-0.25, -0.2) is 4.57 Å². The minimum atomic E-state index is 0.720. The number of aliphatic hydroxyl groups is 1. The van der Waals surface area contributed by atoms with Crippen molar-refractivity contribution in [2.24, 2.45) is 0 Å². The van der Waals surface area contributed by atoms with E-state index in [2.05, 4.69) is 0 Å². The van der Waals surface area contributed by atoms with Crippen molar-refractivity contribution in [3.63, 3.8) is 0 Å². The molecular weight excluding hydrogens is 138 g/mol. The zero-order valence-electron chi connectivity index (χ0n) is 6.57. The number of pyridine rings is 1.